The Morgan fingerprint density at radius 1 is 1.10 bits per heavy atom. The molecule has 1 aromatic heterocycles. The Kier molecular flexibility index (Phi) is 6.93. The normalized spacial score (nSPS) is 11.5. The van der Waals surface area contributed by atoms with Gasteiger partial charge in [-0.05, 0) is 42.0 Å². The van der Waals surface area contributed by atoms with E-state index in [2.05, 4.69) is 32.1 Å². The van der Waals surface area contributed by atoms with E-state index in [0.717, 1.165) is 4.47 Å². The van der Waals surface area contributed by atoms with Gasteiger partial charge in [0.1, 0.15) is 11.1 Å². The van der Waals surface area contributed by atoms with Gasteiger partial charge >= 0.3 is 5.63 Å². The van der Waals surface area contributed by atoms with Gasteiger partial charge in [-0.25, -0.2) is 4.79 Å². The van der Waals surface area contributed by atoms with Gasteiger partial charge in [-0.1, -0.05) is 46.3 Å². The highest BCUT2D eigenvalue weighted by Gasteiger charge is 2.20. The second kappa shape index (κ2) is 9.61. The van der Waals surface area contributed by atoms with Crippen LogP contribution in [0.4, 0.5) is 0 Å². The predicted octanol–water partition coefficient (Wildman–Crippen LogP) is 2.58. The lowest BCUT2D eigenvalue weighted by molar-refractivity contribution is -0.132. The van der Waals surface area contributed by atoms with Crippen LogP contribution < -0.4 is 21.8 Å². The van der Waals surface area contributed by atoms with Crippen molar-refractivity contribution in [2.24, 2.45) is 0 Å². The Morgan fingerprint density at radius 2 is 1.83 bits per heavy atom. The molecule has 0 saturated carbocycles. The molecule has 30 heavy (non-hydrogen) atoms. The number of hydrazine groups is 1. The highest BCUT2D eigenvalue weighted by molar-refractivity contribution is 9.10. The van der Waals surface area contributed by atoms with Crippen molar-refractivity contribution in [3.05, 3.63) is 80.6 Å². The van der Waals surface area contributed by atoms with Crippen LogP contribution >= 0.6 is 28.1 Å². The molecule has 8 nitrogen and oxygen atoms in total. The monoisotopic (exact) mass is 489 g/mol. The Morgan fingerprint density at radius 3 is 2.53 bits per heavy atom. The second-order valence-electron chi connectivity index (χ2n) is 6.05. The summed E-state index contributed by atoms with van der Waals surface area (Å²) in [6.07, 6.45) is -0.872. The summed E-state index contributed by atoms with van der Waals surface area (Å²) in [4.78, 5) is 36.8. The van der Waals surface area contributed by atoms with Crippen LogP contribution in [0.1, 0.15) is 22.0 Å². The van der Waals surface area contributed by atoms with Gasteiger partial charge in [0.2, 0.25) is 0 Å². The number of fused-ring (bicyclic) bond motifs is 1. The third kappa shape index (κ3) is 5.09. The van der Waals surface area contributed by atoms with Crippen LogP contribution in [0.5, 0.6) is 0 Å². The van der Waals surface area contributed by atoms with E-state index in [0.29, 0.717) is 16.5 Å². The first-order valence-electron chi connectivity index (χ1n) is 8.61. The molecule has 0 radical (unpaired) electrons. The fourth-order valence-electron chi connectivity index (χ4n) is 2.66. The average Bonchev–Trinajstić information content (AvgIpc) is 2.73. The van der Waals surface area contributed by atoms with Crippen LogP contribution in [0.25, 0.3) is 11.0 Å². The minimum Gasteiger partial charge on any atom is -0.422 e. The van der Waals surface area contributed by atoms with Gasteiger partial charge in [0.05, 0.1) is 0 Å². The number of benzene rings is 2. The van der Waals surface area contributed by atoms with Crippen LogP contribution in [0.15, 0.2) is 68.3 Å². The third-order valence-corrected chi connectivity index (χ3v) is 4.74. The van der Waals surface area contributed by atoms with Crippen molar-refractivity contribution < 1.29 is 18.7 Å². The van der Waals surface area contributed by atoms with Crippen molar-refractivity contribution in [2.75, 3.05) is 7.11 Å². The van der Waals surface area contributed by atoms with Crippen molar-refractivity contribution in [3.63, 3.8) is 0 Å². The van der Waals surface area contributed by atoms with E-state index < -0.39 is 23.5 Å². The average molecular weight is 490 g/mol. The molecule has 2 amide bonds. The molecule has 0 aliphatic carbocycles. The van der Waals surface area contributed by atoms with Crippen LogP contribution in [0, 0.1) is 0 Å². The number of halogens is 1. The zero-order chi connectivity index (χ0) is 21.7. The Bertz CT molecular complexity index is 1170. The first kappa shape index (κ1) is 21.6. The van der Waals surface area contributed by atoms with Gasteiger partial charge in [-0.2, -0.15) is 0 Å². The molecule has 0 aliphatic heterocycles. The summed E-state index contributed by atoms with van der Waals surface area (Å²) < 4.78 is 11.1. The molecule has 0 unspecified atom stereocenters. The molecule has 0 bridgehead atoms. The molecule has 154 valence electrons. The molecule has 3 aromatic rings. The summed E-state index contributed by atoms with van der Waals surface area (Å²) in [5, 5.41) is 2.68. The fraction of sp³-hybridized carbons (Fsp3) is 0.100. The molecular formula is C20H16BrN3O5S. The standard InChI is InChI=1S/C20H16BrN3O5S/c1-28-16(11-5-3-2-4-6-11)18(26)23-24-20(30)22-17(25)14-10-12-9-13(21)7-8-15(12)29-19(14)27/h2-10,16H,1H3,(H,23,26)(H2,22,24,25,30)/t16-/m0/s1. The van der Waals surface area contributed by atoms with Crippen molar-refractivity contribution in [2.45, 2.75) is 6.10 Å². The van der Waals surface area contributed by atoms with E-state index in [-0.39, 0.29) is 10.7 Å². The zero-order valence-electron chi connectivity index (χ0n) is 15.6. The van der Waals surface area contributed by atoms with Crippen molar-refractivity contribution in [3.8, 4) is 0 Å². The van der Waals surface area contributed by atoms with E-state index in [9.17, 15) is 14.4 Å². The largest absolute Gasteiger partial charge is 0.422 e. The highest BCUT2D eigenvalue weighted by atomic mass is 79.9. The number of carbonyl (C=O) groups is 2. The second-order valence-corrected chi connectivity index (χ2v) is 7.38. The molecule has 0 fully saturated rings. The molecule has 2 aromatic carbocycles. The van der Waals surface area contributed by atoms with Gasteiger partial charge in [0.25, 0.3) is 11.8 Å². The molecule has 0 saturated heterocycles. The van der Waals surface area contributed by atoms with Gasteiger partial charge in [0, 0.05) is 17.0 Å². The highest BCUT2D eigenvalue weighted by Crippen LogP contribution is 2.19. The number of hydrogen-bond acceptors (Lipinski definition) is 6. The van der Waals surface area contributed by atoms with E-state index in [1.54, 1.807) is 42.5 Å². The maximum absolute atomic E-state index is 12.4. The minimum absolute atomic E-state index is 0.204. The van der Waals surface area contributed by atoms with E-state index in [4.69, 9.17) is 21.4 Å². The number of ether oxygens (including phenoxy) is 1. The number of amides is 2. The first-order valence-corrected chi connectivity index (χ1v) is 9.81. The quantitative estimate of drug-likeness (QED) is 0.293. The summed E-state index contributed by atoms with van der Waals surface area (Å²) in [7, 11) is 1.40. The number of thiocarbonyl (C=S) groups is 1. The number of hydrogen-bond donors (Lipinski definition) is 3. The van der Waals surface area contributed by atoms with Gasteiger partial charge in [-0.15, -0.1) is 0 Å². The number of nitrogens with one attached hydrogen (secondary N) is 3. The fourth-order valence-corrected chi connectivity index (χ4v) is 3.18. The minimum atomic E-state index is -0.872. The summed E-state index contributed by atoms with van der Waals surface area (Å²) in [5.74, 6) is -1.29. The topological polar surface area (TPSA) is 110 Å². The molecule has 3 rings (SSSR count). The molecule has 3 N–H and O–H groups in total. The van der Waals surface area contributed by atoms with Crippen molar-refractivity contribution in [1.29, 1.82) is 0 Å². The lowest BCUT2D eigenvalue weighted by atomic mass is 10.1. The smallest absolute Gasteiger partial charge is 0.349 e. The lowest BCUT2D eigenvalue weighted by Crippen LogP contribution is -2.50. The van der Waals surface area contributed by atoms with Crippen LogP contribution in [0.2, 0.25) is 0 Å². The van der Waals surface area contributed by atoms with Crippen LogP contribution in [-0.2, 0) is 9.53 Å². The zero-order valence-corrected chi connectivity index (χ0v) is 18.0. The van der Waals surface area contributed by atoms with Crippen LogP contribution in [-0.4, -0.2) is 24.0 Å². The van der Waals surface area contributed by atoms with Gasteiger partial charge < -0.3 is 9.15 Å². The lowest BCUT2D eigenvalue weighted by Gasteiger charge is -2.17. The molecule has 0 aliphatic rings. The summed E-state index contributed by atoms with van der Waals surface area (Å²) in [6, 6.07) is 15.3. The summed E-state index contributed by atoms with van der Waals surface area (Å²) in [5.41, 5.74) is 4.74. The number of rotatable bonds is 4. The summed E-state index contributed by atoms with van der Waals surface area (Å²) in [6.45, 7) is 0. The van der Waals surface area contributed by atoms with Gasteiger partial charge in [0.15, 0.2) is 11.2 Å². The predicted molar refractivity (Wildman–Crippen MR) is 118 cm³/mol. The maximum Gasteiger partial charge on any atom is 0.349 e. The third-order valence-electron chi connectivity index (χ3n) is 4.04. The molecule has 0 spiro atoms. The van der Waals surface area contributed by atoms with E-state index in [1.807, 2.05) is 6.07 Å². The number of carbonyl (C=O) groups excluding carboxylic acids is 2. The van der Waals surface area contributed by atoms with Crippen LogP contribution in [0.3, 0.4) is 0 Å². The first-order chi connectivity index (χ1) is 14.4. The SMILES string of the molecule is CO[C@H](C(=O)NNC(=S)NC(=O)c1cc2cc(Br)ccc2oc1=O)c1ccccc1. The molecular weight excluding hydrogens is 474 g/mol. The van der Waals surface area contributed by atoms with Gasteiger partial charge in [-0.3, -0.25) is 25.8 Å². The molecule has 1 atom stereocenters. The Labute approximate surface area is 184 Å². The van der Waals surface area contributed by atoms with E-state index >= 15 is 0 Å². The van der Waals surface area contributed by atoms with Crippen molar-refractivity contribution in [1.82, 2.24) is 16.2 Å². The number of methoxy groups -OCH3 is 1. The maximum atomic E-state index is 12.4. The molecule has 10 heteroatoms. The van der Waals surface area contributed by atoms with Crippen molar-refractivity contribution >= 4 is 56.0 Å². The Balaban J connectivity index is 1.64. The summed E-state index contributed by atoms with van der Waals surface area (Å²) >= 11 is 8.33. The molecule has 1 heterocycles. The Hall–Kier alpha value is -3.08. The van der Waals surface area contributed by atoms with E-state index in [1.165, 1.54) is 13.2 Å².